The van der Waals surface area contributed by atoms with E-state index in [2.05, 4.69) is 27.7 Å². The fourth-order valence-corrected chi connectivity index (χ4v) is 7.10. The van der Waals surface area contributed by atoms with Gasteiger partial charge in [0.2, 0.25) is 0 Å². The van der Waals surface area contributed by atoms with E-state index >= 15 is 0 Å². The van der Waals surface area contributed by atoms with Gasteiger partial charge in [-0.25, -0.2) is 0 Å². The van der Waals surface area contributed by atoms with Gasteiger partial charge in [-0.1, -0.05) is 27.7 Å². The van der Waals surface area contributed by atoms with E-state index in [0.29, 0.717) is 0 Å². The van der Waals surface area contributed by atoms with E-state index in [1.165, 1.54) is 6.42 Å². The second-order valence-corrected chi connectivity index (χ2v) is 8.83. The van der Waals surface area contributed by atoms with Crippen LogP contribution in [0.3, 0.4) is 0 Å². The van der Waals surface area contributed by atoms with Crippen LogP contribution in [0, 0.1) is 46.3 Å². The maximum atomic E-state index is 2.60. The fourth-order valence-electron chi connectivity index (χ4n) is 7.10. The van der Waals surface area contributed by atoms with Crippen molar-refractivity contribution >= 4 is 0 Å². The van der Waals surface area contributed by atoms with Gasteiger partial charge in [-0.15, -0.1) is 0 Å². The van der Waals surface area contributed by atoms with Crippen LogP contribution in [0.25, 0.3) is 0 Å². The van der Waals surface area contributed by atoms with E-state index in [1.54, 1.807) is 32.1 Å². The van der Waals surface area contributed by atoms with Crippen LogP contribution in [0.4, 0.5) is 0 Å². The molecule has 0 heterocycles. The van der Waals surface area contributed by atoms with Crippen molar-refractivity contribution in [1.82, 2.24) is 0 Å². The highest BCUT2D eigenvalue weighted by Crippen LogP contribution is 2.78. The summed E-state index contributed by atoms with van der Waals surface area (Å²) in [5, 5.41) is 0. The number of hydrogen-bond acceptors (Lipinski definition) is 0. The lowest BCUT2D eigenvalue weighted by atomic mass is 9.49. The summed E-state index contributed by atoms with van der Waals surface area (Å²) in [5.74, 6) is 6.26. The lowest BCUT2D eigenvalue weighted by molar-refractivity contribution is -0.0673. The Hall–Kier alpha value is 0. The molecule has 4 rings (SSSR count). The zero-order valence-electron chi connectivity index (χ0n) is 12.7. The molecule has 0 aromatic heterocycles. The summed E-state index contributed by atoms with van der Waals surface area (Å²) >= 11 is 0. The van der Waals surface area contributed by atoms with E-state index in [9.17, 15) is 0 Å². The third-order valence-corrected chi connectivity index (χ3v) is 8.28. The predicted molar refractivity (Wildman–Crippen MR) is 76.2 cm³/mol. The van der Waals surface area contributed by atoms with Crippen LogP contribution >= 0.6 is 0 Å². The first-order valence-corrected chi connectivity index (χ1v) is 8.49. The molecule has 4 aliphatic carbocycles. The molecular weight excluding hydrogens is 216 g/mol. The molecular formula is C18H30. The van der Waals surface area contributed by atoms with Crippen molar-refractivity contribution < 1.29 is 0 Å². The van der Waals surface area contributed by atoms with Crippen LogP contribution in [0.15, 0.2) is 0 Å². The van der Waals surface area contributed by atoms with Crippen LogP contribution < -0.4 is 0 Å². The van der Waals surface area contributed by atoms with Crippen molar-refractivity contribution in [3.8, 4) is 0 Å². The Morgan fingerprint density at radius 3 is 2.06 bits per heavy atom. The number of fused-ring (bicyclic) bond motifs is 2. The smallest absolute Gasteiger partial charge is 0.0233 e. The molecule has 0 N–H and O–H groups in total. The first-order valence-electron chi connectivity index (χ1n) is 8.49. The van der Waals surface area contributed by atoms with Crippen molar-refractivity contribution in [2.24, 2.45) is 46.3 Å². The van der Waals surface area contributed by atoms with E-state index in [1.807, 2.05) is 0 Å². The number of rotatable bonds is 1. The van der Waals surface area contributed by atoms with Crippen LogP contribution in [-0.2, 0) is 0 Å². The van der Waals surface area contributed by atoms with Gasteiger partial charge in [0.1, 0.15) is 0 Å². The average molecular weight is 246 g/mol. The third-order valence-electron chi connectivity index (χ3n) is 8.28. The van der Waals surface area contributed by atoms with Crippen LogP contribution in [0.1, 0.15) is 66.2 Å². The molecule has 102 valence electrons. The summed E-state index contributed by atoms with van der Waals surface area (Å²) in [5.41, 5.74) is 1.63. The van der Waals surface area contributed by atoms with Gasteiger partial charge < -0.3 is 0 Å². The molecule has 0 saturated heterocycles. The topological polar surface area (TPSA) is 0 Å². The molecule has 4 aliphatic rings. The van der Waals surface area contributed by atoms with Gasteiger partial charge in [0.25, 0.3) is 0 Å². The first-order chi connectivity index (χ1) is 8.49. The molecule has 0 nitrogen and oxygen atoms in total. The average Bonchev–Trinajstić information content (AvgIpc) is 2.87. The second-order valence-electron chi connectivity index (χ2n) is 8.83. The Labute approximate surface area is 113 Å². The summed E-state index contributed by atoms with van der Waals surface area (Å²) in [6.07, 6.45) is 9.40. The molecule has 1 spiro atoms. The minimum absolute atomic E-state index is 0.777. The standard InChI is InChI=1S/C18H30/c1-11-7-13(3)18(8-12(2)15(11)10-18)16-5-6-17(16)9-14(17)4/h11-16H,5-10H2,1-4H3. The van der Waals surface area contributed by atoms with Crippen molar-refractivity contribution in [2.75, 3.05) is 0 Å². The third kappa shape index (κ3) is 1.19. The van der Waals surface area contributed by atoms with E-state index in [-0.39, 0.29) is 0 Å². The van der Waals surface area contributed by atoms with E-state index in [0.717, 1.165) is 46.3 Å². The minimum atomic E-state index is 0.777. The lowest BCUT2D eigenvalue weighted by Crippen LogP contribution is -2.48. The Kier molecular flexibility index (Phi) is 2.20. The summed E-state index contributed by atoms with van der Waals surface area (Å²) in [7, 11) is 0. The summed E-state index contributed by atoms with van der Waals surface area (Å²) in [6, 6.07) is 0. The van der Waals surface area contributed by atoms with Gasteiger partial charge in [-0.2, -0.15) is 0 Å². The van der Waals surface area contributed by atoms with Gasteiger partial charge in [-0.3, -0.25) is 0 Å². The molecule has 0 aliphatic heterocycles. The fraction of sp³-hybridized carbons (Fsp3) is 1.00. The van der Waals surface area contributed by atoms with E-state index < -0.39 is 0 Å². The molecule has 18 heavy (non-hydrogen) atoms. The van der Waals surface area contributed by atoms with Crippen LogP contribution in [0.2, 0.25) is 0 Å². The molecule has 4 fully saturated rings. The molecule has 0 aromatic rings. The monoisotopic (exact) mass is 246 g/mol. The predicted octanol–water partition coefficient (Wildman–Crippen LogP) is 5.13. The van der Waals surface area contributed by atoms with Crippen molar-refractivity contribution in [3.05, 3.63) is 0 Å². The highest BCUT2D eigenvalue weighted by Gasteiger charge is 2.69. The van der Waals surface area contributed by atoms with Gasteiger partial charge in [0.05, 0.1) is 0 Å². The van der Waals surface area contributed by atoms with Crippen LogP contribution in [-0.4, -0.2) is 0 Å². The maximum absolute atomic E-state index is 2.60. The quantitative estimate of drug-likeness (QED) is 0.601. The highest BCUT2D eigenvalue weighted by atomic mass is 14.7. The molecule has 0 heteroatoms. The van der Waals surface area contributed by atoms with Crippen LogP contribution in [0.5, 0.6) is 0 Å². The Bertz CT molecular complexity index is 368. The van der Waals surface area contributed by atoms with E-state index in [4.69, 9.17) is 0 Å². The lowest BCUT2D eigenvalue weighted by Gasteiger charge is -2.56. The molecule has 8 atom stereocenters. The Morgan fingerprint density at radius 1 is 0.778 bits per heavy atom. The maximum Gasteiger partial charge on any atom is -0.0233 e. The molecule has 4 saturated carbocycles. The van der Waals surface area contributed by atoms with Gasteiger partial charge in [0, 0.05) is 0 Å². The van der Waals surface area contributed by atoms with Gasteiger partial charge in [-0.05, 0) is 84.9 Å². The molecule has 0 radical (unpaired) electrons. The molecule has 2 bridgehead atoms. The van der Waals surface area contributed by atoms with Gasteiger partial charge >= 0.3 is 0 Å². The SMILES string of the molecule is CC1CC(C)C2(C3CCC34CC4C)CC(C)C1C2. The normalized spacial score (nSPS) is 66.0. The highest BCUT2D eigenvalue weighted by molar-refractivity contribution is 5.18. The largest absolute Gasteiger partial charge is 0.0622 e. The van der Waals surface area contributed by atoms with Gasteiger partial charge in [0.15, 0.2) is 0 Å². The molecule has 0 aromatic carbocycles. The van der Waals surface area contributed by atoms with Crippen molar-refractivity contribution in [1.29, 1.82) is 0 Å². The molecule has 0 amide bonds. The van der Waals surface area contributed by atoms with Crippen molar-refractivity contribution in [3.63, 3.8) is 0 Å². The zero-order chi connectivity index (χ0) is 12.7. The molecule has 8 unspecified atom stereocenters. The number of hydrogen-bond donors (Lipinski definition) is 0. The minimum Gasteiger partial charge on any atom is -0.0622 e. The summed E-state index contributed by atoms with van der Waals surface area (Å²) < 4.78 is 0. The van der Waals surface area contributed by atoms with Crippen molar-refractivity contribution in [2.45, 2.75) is 66.2 Å². The summed E-state index contributed by atoms with van der Waals surface area (Å²) in [6.45, 7) is 10.2. The Balaban J connectivity index is 1.67. The Morgan fingerprint density at radius 2 is 1.50 bits per heavy atom. The second kappa shape index (κ2) is 3.36. The zero-order valence-corrected chi connectivity index (χ0v) is 12.7. The summed E-state index contributed by atoms with van der Waals surface area (Å²) in [4.78, 5) is 0. The first kappa shape index (κ1) is 11.8.